The molecule has 0 bridgehead atoms. The molecule has 0 aliphatic carbocycles. The molecule has 1 aromatic rings. The van der Waals surface area contributed by atoms with E-state index in [9.17, 15) is 0 Å². The van der Waals surface area contributed by atoms with Crippen LogP contribution in [-0.2, 0) is 17.8 Å². The third-order valence-corrected chi connectivity index (χ3v) is 2.42. The molecule has 0 unspecified atom stereocenters. The second kappa shape index (κ2) is 4.19. The minimum Gasteiger partial charge on any atom is -0.378 e. The van der Waals surface area contributed by atoms with E-state index in [-0.39, 0.29) is 0 Å². The van der Waals surface area contributed by atoms with Gasteiger partial charge in [0.05, 0.1) is 29.8 Å². The highest BCUT2D eigenvalue weighted by atomic mass is 32.1. The van der Waals surface area contributed by atoms with Crippen molar-refractivity contribution in [2.75, 3.05) is 7.11 Å². The van der Waals surface area contributed by atoms with Crippen molar-refractivity contribution in [1.29, 1.82) is 5.26 Å². The van der Waals surface area contributed by atoms with Crippen LogP contribution >= 0.6 is 11.3 Å². The summed E-state index contributed by atoms with van der Waals surface area (Å²) in [5.74, 6) is 0. The van der Waals surface area contributed by atoms with Crippen LogP contribution in [0.15, 0.2) is 0 Å². The summed E-state index contributed by atoms with van der Waals surface area (Å²) < 4.78 is 4.96. The minimum absolute atomic E-state index is 0.435. The maximum absolute atomic E-state index is 8.51. The van der Waals surface area contributed by atoms with Gasteiger partial charge < -0.3 is 4.74 Å². The summed E-state index contributed by atoms with van der Waals surface area (Å²) in [7, 11) is 1.63. The highest BCUT2D eigenvalue weighted by Gasteiger charge is 2.07. The average molecular weight is 182 g/mol. The lowest BCUT2D eigenvalue weighted by molar-refractivity contribution is 0.181. The summed E-state index contributed by atoms with van der Waals surface area (Å²) >= 11 is 1.57. The number of nitrogens with zero attached hydrogens (tertiary/aromatic N) is 2. The maximum atomic E-state index is 8.51. The van der Waals surface area contributed by atoms with Crippen molar-refractivity contribution in [3.05, 3.63) is 15.6 Å². The van der Waals surface area contributed by atoms with Gasteiger partial charge in [-0.25, -0.2) is 4.98 Å². The van der Waals surface area contributed by atoms with Crippen LogP contribution in [0.5, 0.6) is 0 Å². The Morgan fingerprint density at radius 3 is 3.00 bits per heavy atom. The molecule has 0 fully saturated rings. The first-order valence-electron chi connectivity index (χ1n) is 3.59. The van der Waals surface area contributed by atoms with Gasteiger partial charge in [0.25, 0.3) is 0 Å². The van der Waals surface area contributed by atoms with Gasteiger partial charge in [-0.2, -0.15) is 5.26 Å². The molecule has 0 radical (unpaired) electrons. The van der Waals surface area contributed by atoms with Gasteiger partial charge >= 0.3 is 0 Å². The predicted octanol–water partition coefficient (Wildman–Crippen LogP) is 1.66. The molecule has 1 rings (SSSR count). The van der Waals surface area contributed by atoms with E-state index in [0.29, 0.717) is 13.0 Å². The molecule has 0 spiro atoms. The summed E-state index contributed by atoms with van der Waals surface area (Å²) in [6.45, 7) is 2.44. The quantitative estimate of drug-likeness (QED) is 0.714. The molecule has 0 saturated heterocycles. The number of aryl methyl sites for hydroxylation is 1. The second-order valence-electron chi connectivity index (χ2n) is 2.37. The van der Waals surface area contributed by atoms with Crippen molar-refractivity contribution in [3.8, 4) is 6.07 Å². The molecule has 3 nitrogen and oxygen atoms in total. The second-order valence-corrected chi connectivity index (χ2v) is 3.66. The number of aromatic nitrogens is 1. The van der Waals surface area contributed by atoms with Gasteiger partial charge in [0.1, 0.15) is 0 Å². The van der Waals surface area contributed by atoms with E-state index >= 15 is 0 Å². The number of rotatable bonds is 3. The van der Waals surface area contributed by atoms with E-state index in [4.69, 9.17) is 10.00 Å². The Bertz CT molecular complexity index is 300. The normalized spacial score (nSPS) is 9.75. The Morgan fingerprint density at radius 2 is 2.42 bits per heavy atom. The summed E-state index contributed by atoms with van der Waals surface area (Å²) in [5.41, 5.74) is 0.904. The van der Waals surface area contributed by atoms with E-state index in [2.05, 4.69) is 11.1 Å². The molecule has 0 aliphatic rings. The third-order valence-electron chi connectivity index (χ3n) is 1.41. The molecular weight excluding hydrogens is 172 g/mol. The Kier molecular flexibility index (Phi) is 3.20. The van der Waals surface area contributed by atoms with Crippen LogP contribution in [0.3, 0.4) is 0 Å². The van der Waals surface area contributed by atoms with E-state index in [0.717, 1.165) is 15.6 Å². The molecule has 1 heterocycles. The van der Waals surface area contributed by atoms with Gasteiger partial charge in [0.15, 0.2) is 0 Å². The molecule has 0 atom stereocenters. The van der Waals surface area contributed by atoms with Crippen LogP contribution in [0.4, 0.5) is 0 Å². The van der Waals surface area contributed by atoms with Crippen molar-refractivity contribution in [2.45, 2.75) is 20.0 Å². The number of nitriles is 1. The van der Waals surface area contributed by atoms with Crippen LogP contribution in [-0.4, -0.2) is 12.1 Å². The van der Waals surface area contributed by atoms with Gasteiger partial charge in [0, 0.05) is 12.0 Å². The first-order valence-corrected chi connectivity index (χ1v) is 4.40. The molecule has 12 heavy (non-hydrogen) atoms. The van der Waals surface area contributed by atoms with Crippen LogP contribution in [0, 0.1) is 18.3 Å². The molecule has 64 valence electrons. The lowest BCUT2D eigenvalue weighted by Crippen LogP contribution is -1.92. The topological polar surface area (TPSA) is 45.9 Å². The van der Waals surface area contributed by atoms with E-state index in [1.165, 1.54) is 0 Å². The molecule has 1 aromatic heterocycles. The number of hydrogen-bond donors (Lipinski definition) is 0. The Labute approximate surface area is 75.6 Å². The highest BCUT2D eigenvalue weighted by Crippen LogP contribution is 2.18. The highest BCUT2D eigenvalue weighted by molar-refractivity contribution is 7.11. The zero-order chi connectivity index (χ0) is 8.97. The zero-order valence-electron chi connectivity index (χ0n) is 7.13. The molecule has 0 aromatic carbocycles. The Hall–Kier alpha value is -0.920. The van der Waals surface area contributed by atoms with Crippen molar-refractivity contribution < 1.29 is 4.74 Å². The summed E-state index contributed by atoms with van der Waals surface area (Å²) in [6, 6.07) is 2.11. The first kappa shape index (κ1) is 9.17. The van der Waals surface area contributed by atoms with Crippen molar-refractivity contribution in [2.24, 2.45) is 0 Å². The monoisotopic (exact) mass is 182 g/mol. The molecule has 4 heteroatoms. The molecule has 0 aliphatic heterocycles. The van der Waals surface area contributed by atoms with Gasteiger partial charge in [-0.05, 0) is 6.92 Å². The van der Waals surface area contributed by atoms with Crippen molar-refractivity contribution in [1.82, 2.24) is 4.98 Å². The van der Waals surface area contributed by atoms with Gasteiger partial charge in [-0.3, -0.25) is 0 Å². The zero-order valence-corrected chi connectivity index (χ0v) is 7.94. The summed E-state index contributed by atoms with van der Waals surface area (Å²) in [5, 5.41) is 9.50. The van der Waals surface area contributed by atoms with Crippen LogP contribution in [0.25, 0.3) is 0 Å². The van der Waals surface area contributed by atoms with Crippen LogP contribution in [0.1, 0.15) is 15.6 Å². The lowest BCUT2D eigenvalue weighted by Gasteiger charge is -1.94. The SMILES string of the molecule is COCc1nc(C)sc1CC#N. The van der Waals surface area contributed by atoms with Gasteiger partial charge in [-0.15, -0.1) is 11.3 Å². The number of thiazole rings is 1. The summed E-state index contributed by atoms with van der Waals surface area (Å²) in [6.07, 6.45) is 0.435. The fraction of sp³-hybridized carbons (Fsp3) is 0.500. The van der Waals surface area contributed by atoms with Gasteiger partial charge in [-0.1, -0.05) is 0 Å². The minimum atomic E-state index is 0.435. The van der Waals surface area contributed by atoms with E-state index in [1.54, 1.807) is 18.4 Å². The largest absolute Gasteiger partial charge is 0.378 e. The van der Waals surface area contributed by atoms with Crippen LogP contribution < -0.4 is 0 Å². The number of hydrogen-bond acceptors (Lipinski definition) is 4. The van der Waals surface area contributed by atoms with Crippen molar-refractivity contribution >= 4 is 11.3 Å². The molecule has 0 N–H and O–H groups in total. The predicted molar refractivity (Wildman–Crippen MR) is 46.9 cm³/mol. The van der Waals surface area contributed by atoms with E-state index in [1.807, 2.05) is 6.92 Å². The Balaban J connectivity index is 2.85. The van der Waals surface area contributed by atoms with E-state index < -0.39 is 0 Å². The third kappa shape index (κ3) is 2.03. The standard InChI is InChI=1S/C8H10N2OS/c1-6-10-7(5-11-2)8(12-6)3-4-9/h3,5H2,1-2H3. The fourth-order valence-corrected chi connectivity index (χ4v) is 1.84. The van der Waals surface area contributed by atoms with Gasteiger partial charge in [0.2, 0.25) is 0 Å². The summed E-state index contributed by atoms with van der Waals surface area (Å²) in [4.78, 5) is 5.29. The maximum Gasteiger partial charge on any atom is 0.0901 e. The molecule has 0 saturated carbocycles. The number of methoxy groups -OCH3 is 1. The van der Waals surface area contributed by atoms with Crippen LogP contribution in [0.2, 0.25) is 0 Å². The lowest BCUT2D eigenvalue weighted by atomic mass is 10.3. The average Bonchev–Trinajstić information content (AvgIpc) is 2.33. The molecule has 0 amide bonds. The first-order chi connectivity index (χ1) is 5.77. The Morgan fingerprint density at radius 1 is 1.67 bits per heavy atom. The molecular formula is C8H10N2OS. The smallest absolute Gasteiger partial charge is 0.0901 e. The van der Waals surface area contributed by atoms with Crippen molar-refractivity contribution in [3.63, 3.8) is 0 Å². The number of ether oxygens (including phenoxy) is 1. The fourth-order valence-electron chi connectivity index (χ4n) is 0.972.